The molecule has 0 unspecified atom stereocenters. The maximum atomic E-state index is 5.68. The summed E-state index contributed by atoms with van der Waals surface area (Å²) in [5.74, 6) is 3.45. The molecule has 0 amide bonds. The lowest BCUT2D eigenvalue weighted by molar-refractivity contribution is 0.0877. The van der Waals surface area contributed by atoms with Crippen LogP contribution in [0.1, 0.15) is 26.2 Å². The first-order valence-electron chi connectivity index (χ1n) is 12.9. The van der Waals surface area contributed by atoms with Gasteiger partial charge in [0.15, 0.2) is 0 Å². The van der Waals surface area contributed by atoms with Gasteiger partial charge in [-0.3, -0.25) is 4.90 Å². The fourth-order valence-electron chi connectivity index (χ4n) is 5.76. The first-order chi connectivity index (χ1) is 17.3. The van der Waals surface area contributed by atoms with Crippen molar-refractivity contribution in [2.45, 2.75) is 38.3 Å². The average molecular weight is 482 g/mol. The Hall–Kier alpha value is -1.21. The molecule has 5 rings (SSSR count). The van der Waals surface area contributed by atoms with E-state index in [1.54, 1.807) is 0 Å². The summed E-state index contributed by atoms with van der Waals surface area (Å²) in [6.07, 6.45) is 19.6. The van der Waals surface area contributed by atoms with Crippen molar-refractivity contribution in [3.8, 4) is 0 Å². The quantitative estimate of drug-likeness (QED) is 0.400. The van der Waals surface area contributed by atoms with Crippen molar-refractivity contribution >= 4 is 18.5 Å². The summed E-state index contributed by atoms with van der Waals surface area (Å²) in [4.78, 5) is 2.76. The van der Waals surface area contributed by atoms with Crippen molar-refractivity contribution in [1.29, 1.82) is 0 Å². The van der Waals surface area contributed by atoms with Crippen molar-refractivity contribution in [1.82, 2.24) is 4.90 Å². The Morgan fingerprint density at radius 2 is 1.54 bits per heavy atom. The minimum Gasteiger partial charge on any atom is -0.383 e. The highest BCUT2D eigenvalue weighted by atomic mass is 31.1. The summed E-state index contributed by atoms with van der Waals surface area (Å²) in [6, 6.07) is 23.1. The van der Waals surface area contributed by atoms with E-state index in [4.69, 9.17) is 4.74 Å². The number of nitrogens with zero attached hydrogens (tertiary/aromatic N) is 1. The third kappa shape index (κ3) is 5.87. The van der Waals surface area contributed by atoms with Crippen LogP contribution in [0.15, 0.2) is 60.7 Å². The Bertz CT molecular complexity index is 843. The van der Waals surface area contributed by atoms with E-state index in [0.29, 0.717) is 18.0 Å². The van der Waals surface area contributed by atoms with Gasteiger partial charge >= 0.3 is 0 Å². The molecule has 35 heavy (non-hydrogen) atoms. The zero-order valence-corrected chi connectivity index (χ0v) is 21.8. The number of hydrogen-bond acceptors (Lipinski definition) is 2. The van der Waals surface area contributed by atoms with Gasteiger partial charge in [0.25, 0.3) is 0 Å². The van der Waals surface area contributed by atoms with E-state index in [-0.39, 0.29) is 0 Å². The van der Waals surface area contributed by atoms with Crippen LogP contribution in [0.2, 0.25) is 0 Å². The van der Waals surface area contributed by atoms with Gasteiger partial charge < -0.3 is 4.74 Å². The second-order valence-corrected chi connectivity index (χ2v) is 11.9. The minimum atomic E-state index is -0.627. The molecule has 2 aliphatic carbocycles. The molecule has 1 saturated heterocycles. The molecule has 10 radical (unpaired) electrons. The van der Waals surface area contributed by atoms with Crippen LogP contribution in [0.25, 0.3) is 0 Å². The Balaban J connectivity index is 1.47. The first kappa shape index (κ1) is 25.4. The van der Waals surface area contributed by atoms with Crippen LogP contribution >= 0.6 is 7.92 Å². The normalized spacial score (nSPS) is 24.5. The molecule has 0 bridgehead atoms. The van der Waals surface area contributed by atoms with E-state index in [0.717, 1.165) is 19.6 Å². The molecule has 0 aromatic heterocycles. The summed E-state index contributed by atoms with van der Waals surface area (Å²) in [7, 11) is 1.22. The molecule has 3 atom stereocenters. The van der Waals surface area contributed by atoms with Crippen LogP contribution < -0.4 is 10.6 Å². The average Bonchev–Trinajstić information content (AvgIpc) is 3.67. The van der Waals surface area contributed by atoms with Gasteiger partial charge in [0, 0.05) is 30.8 Å². The van der Waals surface area contributed by atoms with Crippen molar-refractivity contribution in [2.75, 3.05) is 20.3 Å². The van der Waals surface area contributed by atoms with Crippen molar-refractivity contribution in [3.05, 3.63) is 123 Å². The molecule has 2 saturated carbocycles. The highest BCUT2D eigenvalue weighted by Crippen LogP contribution is 2.58. The van der Waals surface area contributed by atoms with Gasteiger partial charge in [-0.05, 0) is 101 Å². The van der Waals surface area contributed by atoms with E-state index >= 15 is 0 Å². The van der Waals surface area contributed by atoms with Crippen LogP contribution in [0.3, 0.4) is 0 Å². The molecule has 3 fully saturated rings. The Labute approximate surface area is 215 Å². The van der Waals surface area contributed by atoms with Gasteiger partial charge in [-0.1, -0.05) is 67.6 Å². The van der Waals surface area contributed by atoms with Gasteiger partial charge in [-0.2, -0.15) is 0 Å². The summed E-state index contributed by atoms with van der Waals surface area (Å²) >= 11 is 0. The number of likely N-dealkylation sites (tertiary alicyclic amines) is 1. The molecule has 2 nitrogen and oxygen atoms in total. The number of ether oxygens (including phenoxy) is 1. The molecule has 1 aliphatic heterocycles. The molecule has 3 aliphatic rings. The minimum absolute atomic E-state index is 0.380. The van der Waals surface area contributed by atoms with Crippen LogP contribution in [-0.4, -0.2) is 37.2 Å². The predicted octanol–water partition coefficient (Wildman–Crippen LogP) is 5.76. The first-order valence-corrected chi connectivity index (χ1v) is 14.2. The van der Waals surface area contributed by atoms with Crippen molar-refractivity contribution in [3.63, 3.8) is 0 Å². The topological polar surface area (TPSA) is 12.5 Å². The van der Waals surface area contributed by atoms with Gasteiger partial charge in [0.05, 0.1) is 6.61 Å². The summed E-state index contributed by atoms with van der Waals surface area (Å²) in [5, 5.41) is 2.83. The molecular weight excluding hydrogens is 445 g/mol. The van der Waals surface area contributed by atoms with Crippen molar-refractivity contribution in [2.24, 2.45) is 5.92 Å². The fraction of sp³-hybridized carbons (Fsp3) is 0.312. The smallest absolute Gasteiger partial charge is 0.0618 e. The monoisotopic (exact) mass is 481 g/mol. The number of hydrogen-bond donors (Lipinski definition) is 0. The molecule has 2 aromatic carbocycles. The zero-order chi connectivity index (χ0) is 24.0. The molecular formula is C32H36NOP. The van der Waals surface area contributed by atoms with Gasteiger partial charge in [0.2, 0.25) is 0 Å². The second kappa shape index (κ2) is 12.4. The van der Waals surface area contributed by atoms with E-state index in [9.17, 15) is 0 Å². The third-order valence-electron chi connectivity index (χ3n) is 7.47. The summed E-state index contributed by atoms with van der Waals surface area (Å²) in [5.41, 5.74) is 1.50. The molecule has 1 heterocycles. The van der Waals surface area contributed by atoms with Crippen LogP contribution in [0, 0.1) is 68.4 Å². The highest BCUT2D eigenvalue weighted by molar-refractivity contribution is 7.76. The standard InChI is InChI=1S/C32H36NOP/c1-25(26-13-9-10-14-26)23-31(33-22-12-15-27(33)24-34-2)30-20-11-21-32(30)35(28-16-5-3-6-17-28)29-18-7-4-8-19-29/h3-11,13-14,16-21,25,27,31H,12,15,22-24H2,1-2H3/t25-,27-,31-/m0/s1. The second-order valence-electron chi connectivity index (χ2n) is 9.73. The lowest BCUT2D eigenvalue weighted by Crippen LogP contribution is -2.46. The number of rotatable bonds is 10. The summed E-state index contributed by atoms with van der Waals surface area (Å²) in [6.45, 7) is 4.35. The third-order valence-corrected chi connectivity index (χ3v) is 9.99. The lowest BCUT2D eigenvalue weighted by Gasteiger charge is -2.42. The van der Waals surface area contributed by atoms with E-state index < -0.39 is 7.92 Å². The van der Waals surface area contributed by atoms with E-state index in [1.807, 2.05) is 7.11 Å². The highest BCUT2D eigenvalue weighted by Gasteiger charge is 2.46. The summed E-state index contributed by atoms with van der Waals surface area (Å²) < 4.78 is 5.68. The lowest BCUT2D eigenvalue weighted by atomic mass is 9.81. The van der Waals surface area contributed by atoms with Gasteiger partial charge in [-0.15, -0.1) is 0 Å². The van der Waals surface area contributed by atoms with E-state index in [2.05, 4.69) is 117 Å². The maximum absolute atomic E-state index is 5.68. The molecule has 3 heteroatoms. The SMILES string of the molecule is COC[C@@H]1CCCN1[C@@H](C[C@H](C)[C]1[CH][CH][CH][CH]1)[C]1[CH][CH][CH][C]1P(c1ccccc1)c1ccccc1. The van der Waals surface area contributed by atoms with Crippen LogP contribution in [-0.2, 0) is 4.74 Å². The van der Waals surface area contributed by atoms with Crippen LogP contribution in [0.4, 0.5) is 0 Å². The Kier molecular flexibility index (Phi) is 8.98. The Morgan fingerprint density at radius 1 is 0.886 bits per heavy atom. The zero-order valence-electron chi connectivity index (χ0n) is 20.9. The predicted molar refractivity (Wildman–Crippen MR) is 148 cm³/mol. The molecule has 2 aromatic rings. The largest absolute Gasteiger partial charge is 0.383 e. The molecule has 0 N–H and O–H groups in total. The number of benzene rings is 2. The Morgan fingerprint density at radius 3 is 2.17 bits per heavy atom. The number of methoxy groups -OCH3 is 1. The molecule has 0 spiro atoms. The van der Waals surface area contributed by atoms with Gasteiger partial charge in [0.1, 0.15) is 0 Å². The van der Waals surface area contributed by atoms with E-state index in [1.165, 1.54) is 40.9 Å². The van der Waals surface area contributed by atoms with Crippen molar-refractivity contribution < 1.29 is 4.74 Å². The van der Waals surface area contributed by atoms with Gasteiger partial charge in [-0.25, -0.2) is 0 Å². The molecule has 180 valence electrons. The fourth-order valence-corrected chi connectivity index (χ4v) is 8.27. The maximum Gasteiger partial charge on any atom is 0.0618 e. The van der Waals surface area contributed by atoms with Crippen LogP contribution in [0.5, 0.6) is 0 Å².